The standard InChI is InChI=1S/C24H28N2O4/c1-23(2)13-19-17(20(27)14-23)12-18(22(29)26-19)21(28)25-15-24(8-10-30-11-9-24)16-6-4-3-5-7-16/h3-7,12H,8-11,13-15H2,1-2H3,(H,25,28)(H,26,29). The fraction of sp³-hybridized carbons (Fsp3) is 0.458. The van der Waals surface area contributed by atoms with E-state index in [1.54, 1.807) is 0 Å². The van der Waals surface area contributed by atoms with Crippen LogP contribution >= 0.6 is 0 Å². The molecule has 0 unspecified atom stereocenters. The van der Waals surface area contributed by atoms with Crippen molar-refractivity contribution in [1.82, 2.24) is 10.3 Å². The minimum atomic E-state index is -0.447. The average molecular weight is 408 g/mol. The van der Waals surface area contributed by atoms with Gasteiger partial charge in [-0.2, -0.15) is 0 Å². The summed E-state index contributed by atoms with van der Waals surface area (Å²) in [7, 11) is 0. The smallest absolute Gasteiger partial charge is 0.261 e. The molecule has 4 rings (SSSR count). The van der Waals surface area contributed by atoms with Gasteiger partial charge >= 0.3 is 0 Å². The Hall–Kier alpha value is -2.73. The first-order valence-corrected chi connectivity index (χ1v) is 10.5. The number of aromatic nitrogens is 1. The van der Waals surface area contributed by atoms with Crippen molar-refractivity contribution < 1.29 is 14.3 Å². The van der Waals surface area contributed by atoms with Crippen molar-refractivity contribution >= 4 is 11.7 Å². The molecule has 2 aromatic rings. The maximum Gasteiger partial charge on any atom is 0.261 e. The molecule has 1 aromatic carbocycles. The lowest BCUT2D eigenvalue weighted by atomic mass is 9.74. The zero-order valence-electron chi connectivity index (χ0n) is 17.5. The molecule has 1 saturated heterocycles. The number of rotatable bonds is 4. The van der Waals surface area contributed by atoms with Gasteiger partial charge in [0.15, 0.2) is 5.78 Å². The first-order valence-electron chi connectivity index (χ1n) is 10.5. The fourth-order valence-corrected chi connectivity index (χ4v) is 4.66. The Labute approximate surface area is 176 Å². The topological polar surface area (TPSA) is 88.3 Å². The number of pyridine rings is 1. The second-order valence-electron chi connectivity index (χ2n) is 9.29. The number of carbonyl (C=O) groups is 2. The van der Waals surface area contributed by atoms with Crippen LogP contribution in [0.15, 0.2) is 41.2 Å². The number of fused-ring (bicyclic) bond motifs is 1. The monoisotopic (exact) mass is 408 g/mol. The zero-order valence-corrected chi connectivity index (χ0v) is 17.5. The van der Waals surface area contributed by atoms with Gasteiger partial charge in [-0.05, 0) is 36.3 Å². The van der Waals surface area contributed by atoms with Gasteiger partial charge in [-0.3, -0.25) is 14.4 Å². The molecule has 2 heterocycles. The van der Waals surface area contributed by atoms with Crippen molar-refractivity contribution in [2.45, 2.75) is 44.9 Å². The molecule has 0 spiro atoms. The van der Waals surface area contributed by atoms with E-state index in [0.29, 0.717) is 43.9 Å². The molecule has 0 radical (unpaired) electrons. The van der Waals surface area contributed by atoms with Crippen LogP contribution in [0, 0.1) is 5.41 Å². The van der Waals surface area contributed by atoms with Crippen LogP contribution in [-0.2, 0) is 16.6 Å². The van der Waals surface area contributed by atoms with Gasteiger partial charge in [-0.1, -0.05) is 44.2 Å². The number of Topliss-reactive ketones (excluding diaryl/α,β-unsaturated/α-hetero) is 1. The molecule has 0 bridgehead atoms. The number of nitrogens with one attached hydrogen (secondary N) is 2. The quantitative estimate of drug-likeness (QED) is 0.814. The number of hydrogen-bond donors (Lipinski definition) is 2. The van der Waals surface area contributed by atoms with Gasteiger partial charge < -0.3 is 15.0 Å². The summed E-state index contributed by atoms with van der Waals surface area (Å²) in [6.45, 7) is 5.69. The summed E-state index contributed by atoms with van der Waals surface area (Å²) in [4.78, 5) is 40.9. The van der Waals surface area contributed by atoms with Crippen molar-refractivity contribution in [2.75, 3.05) is 19.8 Å². The molecule has 1 aliphatic carbocycles. The fourth-order valence-electron chi connectivity index (χ4n) is 4.66. The number of amides is 1. The molecular weight excluding hydrogens is 380 g/mol. The van der Waals surface area contributed by atoms with Crippen LogP contribution in [0.2, 0.25) is 0 Å². The maximum atomic E-state index is 12.9. The third kappa shape index (κ3) is 3.97. The Kier molecular flexibility index (Phi) is 5.36. The predicted molar refractivity (Wildman–Crippen MR) is 114 cm³/mol. The van der Waals surface area contributed by atoms with E-state index in [4.69, 9.17) is 4.74 Å². The number of benzene rings is 1. The van der Waals surface area contributed by atoms with E-state index in [0.717, 1.165) is 18.4 Å². The summed E-state index contributed by atoms with van der Waals surface area (Å²) in [5, 5.41) is 2.96. The Balaban J connectivity index is 1.58. The second-order valence-corrected chi connectivity index (χ2v) is 9.29. The van der Waals surface area contributed by atoms with E-state index < -0.39 is 11.5 Å². The van der Waals surface area contributed by atoms with Crippen LogP contribution in [0.4, 0.5) is 0 Å². The van der Waals surface area contributed by atoms with Crippen LogP contribution in [0.5, 0.6) is 0 Å². The summed E-state index contributed by atoms with van der Waals surface area (Å²) in [6.07, 6.45) is 2.61. The van der Waals surface area contributed by atoms with E-state index in [1.807, 2.05) is 32.0 Å². The van der Waals surface area contributed by atoms with Crippen molar-refractivity contribution in [1.29, 1.82) is 0 Å². The molecule has 2 N–H and O–H groups in total. The zero-order chi connectivity index (χ0) is 21.4. The van der Waals surface area contributed by atoms with Crippen LogP contribution < -0.4 is 10.9 Å². The lowest BCUT2D eigenvalue weighted by molar-refractivity contribution is 0.0487. The molecule has 158 valence electrons. The Morgan fingerprint density at radius 2 is 1.80 bits per heavy atom. The molecular formula is C24H28N2O4. The van der Waals surface area contributed by atoms with Gasteiger partial charge in [0.2, 0.25) is 0 Å². The van der Waals surface area contributed by atoms with E-state index in [1.165, 1.54) is 6.07 Å². The molecule has 1 aliphatic heterocycles. The van der Waals surface area contributed by atoms with Gasteiger partial charge in [-0.15, -0.1) is 0 Å². The molecule has 1 aromatic heterocycles. The average Bonchev–Trinajstić information content (AvgIpc) is 2.72. The molecule has 6 nitrogen and oxygen atoms in total. The van der Waals surface area contributed by atoms with Gasteiger partial charge in [0.05, 0.1) is 0 Å². The maximum absolute atomic E-state index is 12.9. The Bertz CT molecular complexity index is 1020. The second kappa shape index (κ2) is 7.84. The minimum Gasteiger partial charge on any atom is -0.381 e. The molecule has 6 heteroatoms. The van der Waals surface area contributed by atoms with E-state index in [-0.39, 0.29) is 22.2 Å². The Morgan fingerprint density at radius 1 is 1.10 bits per heavy atom. The largest absolute Gasteiger partial charge is 0.381 e. The first kappa shape index (κ1) is 20.5. The van der Waals surface area contributed by atoms with Crippen LogP contribution in [0.25, 0.3) is 0 Å². The minimum absolute atomic E-state index is 0.00271. The lowest BCUT2D eigenvalue weighted by Gasteiger charge is -2.38. The highest BCUT2D eigenvalue weighted by atomic mass is 16.5. The highest BCUT2D eigenvalue weighted by Crippen LogP contribution is 2.35. The number of ketones is 1. The Morgan fingerprint density at radius 3 is 2.50 bits per heavy atom. The number of H-pyrrole nitrogens is 1. The van der Waals surface area contributed by atoms with E-state index in [2.05, 4.69) is 22.4 Å². The predicted octanol–water partition coefficient (Wildman–Crippen LogP) is 3.01. The van der Waals surface area contributed by atoms with Gasteiger partial charge in [-0.25, -0.2) is 0 Å². The lowest BCUT2D eigenvalue weighted by Crippen LogP contribution is -2.45. The summed E-state index contributed by atoms with van der Waals surface area (Å²) >= 11 is 0. The van der Waals surface area contributed by atoms with Crippen LogP contribution in [0.3, 0.4) is 0 Å². The number of hydrogen-bond acceptors (Lipinski definition) is 4. The third-order valence-electron chi connectivity index (χ3n) is 6.39. The van der Waals surface area contributed by atoms with Crippen molar-refractivity contribution in [3.05, 3.63) is 69.1 Å². The van der Waals surface area contributed by atoms with E-state index in [9.17, 15) is 14.4 Å². The summed E-state index contributed by atoms with van der Waals surface area (Å²) in [6, 6.07) is 11.6. The highest BCUT2D eigenvalue weighted by Gasteiger charge is 2.36. The van der Waals surface area contributed by atoms with Crippen molar-refractivity contribution in [2.24, 2.45) is 5.41 Å². The van der Waals surface area contributed by atoms with Crippen molar-refractivity contribution in [3.8, 4) is 0 Å². The van der Waals surface area contributed by atoms with Crippen LogP contribution in [0.1, 0.15) is 65.1 Å². The molecule has 0 saturated carbocycles. The van der Waals surface area contributed by atoms with Gasteiger partial charge in [0.25, 0.3) is 11.5 Å². The molecule has 1 fully saturated rings. The molecule has 2 aliphatic rings. The third-order valence-corrected chi connectivity index (χ3v) is 6.39. The molecule has 30 heavy (non-hydrogen) atoms. The van der Waals surface area contributed by atoms with Crippen LogP contribution in [-0.4, -0.2) is 36.4 Å². The number of aromatic amines is 1. The van der Waals surface area contributed by atoms with Gasteiger partial charge in [0.1, 0.15) is 5.56 Å². The van der Waals surface area contributed by atoms with Gasteiger partial charge in [0, 0.05) is 42.9 Å². The SMILES string of the molecule is CC1(C)CC(=O)c2cc(C(=O)NCC3(c4ccccc4)CCOCC3)c(=O)[nH]c2C1. The summed E-state index contributed by atoms with van der Waals surface area (Å²) < 4.78 is 5.54. The number of carbonyl (C=O) groups excluding carboxylic acids is 2. The normalized spacial score (nSPS) is 19.7. The summed E-state index contributed by atoms with van der Waals surface area (Å²) in [5.41, 5.74) is 1.38. The first-order chi connectivity index (χ1) is 14.3. The number of ether oxygens (including phenoxy) is 1. The van der Waals surface area contributed by atoms with E-state index >= 15 is 0 Å². The summed E-state index contributed by atoms with van der Waals surface area (Å²) in [5.74, 6) is -0.477. The highest BCUT2D eigenvalue weighted by molar-refractivity contribution is 6.02. The van der Waals surface area contributed by atoms with Crippen molar-refractivity contribution in [3.63, 3.8) is 0 Å². The molecule has 0 atom stereocenters. The molecule has 1 amide bonds.